The molecule has 0 N–H and O–H groups in total. The summed E-state index contributed by atoms with van der Waals surface area (Å²) < 4.78 is 5.61. The summed E-state index contributed by atoms with van der Waals surface area (Å²) in [6.07, 6.45) is 4.82. The van der Waals surface area contributed by atoms with Crippen LogP contribution in [0.5, 0.6) is 0 Å². The maximum atomic E-state index is 12.1. The molecule has 98 valence electrons. The zero-order valence-corrected chi connectivity index (χ0v) is 11.6. The molecule has 1 aromatic rings. The minimum Gasteiger partial charge on any atom is -0.378 e. The summed E-state index contributed by atoms with van der Waals surface area (Å²) in [4.78, 5) is 12.1. The van der Waals surface area contributed by atoms with Gasteiger partial charge in [0.25, 0.3) is 0 Å². The molecule has 0 saturated carbocycles. The molecule has 1 saturated heterocycles. The van der Waals surface area contributed by atoms with E-state index in [-0.39, 0.29) is 11.9 Å². The third-order valence-electron chi connectivity index (χ3n) is 3.20. The highest BCUT2D eigenvalue weighted by Crippen LogP contribution is 2.24. The van der Waals surface area contributed by atoms with E-state index in [1.54, 1.807) is 18.2 Å². The maximum Gasteiger partial charge on any atom is 0.164 e. The van der Waals surface area contributed by atoms with Gasteiger partial charge >= 0.3 is 0 Å². The van der Waals surface area contributed by atoms with Crippen molar-refractivity contribution in [3.05, 3.63) is 33.8 Å². The lowest BCUT2D eigenvalue weighted by molar-refractivity contribution is 0.0104. The largest absolute Gasteiger partial charge is 0.378 e. The van der Waals surface area contributed by atoms with Crippen LogP contribution in [0.25, 0.3) is 0 Å². The quantitative estimate of drug-likeness (QED) is 0.761. The van der Waals surface area contributed by atoms with Gasteiger partial charge in [-0.3, -0.25) is 4.79 Å². The van der Waals surface area contributed by atoms with E-state index >= 15 is 0 Å². The third kappa shape index (κ3) is 3.71. The summed E-state index contributed by atoms with van der Waals surface area (Å²) in [6, 6.07) is 4.98. The highest BCUT2D eigenvalue weighted by molar-refractivity contribution is 6.35. The zero-order valence-electron chi connectivity index (χ0n) is 10.1. The molecule has 4 heteroatoms. The monoisotopic (exact) mass is 286 g/mol. The Morgan fingerprint density at radius 2 is 2.17 bits per heavy atom. The van der Waals surface area contributed by atoms with Gasteiger partial charge in [0.15, 0.2) is 5.78 Å². The van der Waals surface area contributed by atoms with Crippen LogP contribution in [-0.2, 0) is 4.74 Å². The van der Waals surface area contributed by atoms with Crippen molar-refractivity contribution in [2.75, 3.05) is 6.61 Å². The molecule has 0 aliphatic carbocycles. The number of Topliss-reactive ketones (excluding diaryl/α,β-unsaturated/α-hetero) is 1. The number of rotatable bonds is 4. The number of hydrogen-bond acceptors (Lipinski definition) is 2. The molecule has 1 aromatic carbocycles. The molecule has 1 aliphatic rings. The van der Waals surface area contributed by atoms with E-state index in [1.807, 2.05) is 0 Å². The van der Waals surface area contributed by atoms with Crippen molar-refractivity contribution in [2.24, 2.45) is 0 Å². The zero-order chi connectivity index (χ0) is 13.0. The van der Waals surface area contributed by atoms with Gasteiger partial charge in [-0.2, -0.15) is 0 Å². The first-order valence-electron chi connectivity index (χ1n) is 6.26. The summed E-state index contributed by atoms with van der Waals surface area (Å²) in [7, 11) is 0. The predicted octanol–water partition coefficient (Wildman–Crippen LogP) is 4.53. The first-order chi connectivity index (χ1) is 8.66. The SMILES string of the molecule is O=C(CCC1CCCCO1)c1cc(Cl)ccc1Cl. The van der Waals surface area contributed by atoms with E-state index in [9.17, 15) is 4.79 Å². The fourth-order valence-corrected chi connectivity index (χ4v) is 2.57. The second-order valence-electron chi connectivity index (χ2n) is 4.57. The standard InChI is InChI=1S/C14H16Cl2O2/c15-10-4-6-13(16)12(9-10)14(17)7-5-11-3-1-2-8-18-11/h4,6,9,11H,1-3,5,7-8H2. The highest BCUT2D eigenvalue weighted by atomic mass is 35.5. The number of ether oxygens (including phenoxy) is 1. The average molecular weight is 287 g/mol. The molecule has 1 fully saturated rings. The summed E-state index contributed by atoms with van der Waals surface area (Å²) in [6.45, 7) is 0.816. The summed E-state index contributed by atoms with van der Waals surface area (Å²) in [5.41, 5.74) is 0.514. The lowest BCUT2D eigenvalue weighted by atomic mass is 10.0. The van der Waals surface area contributed by atoms with Crippen LogP contribution >= 0.6 is 23.2 Å². The molecule has 18 heavy (non-hydrogen) atoms. The second kappa shape index (κ2) is 6.55. The lowest BCUT2D eigenvalue weighted by Gasteiger charge is -2.22. The van der Waals surface area contributed by atoms with Crippen molar-refractivity contribution in [3.63, 3.8) is 0 Å². The Morgan fingerprint density at radius 1 is 1.33 bits per heavy atom. The minimum atomic E-state index is 0.0386. The van der Waals surface area contributed by atoms with Crippen LogP contribution in [-0.4, -0.2) is 18.5 Å². The van der Waals surface area contributed by atoms with Gasteiger partial charge < -0.3 is 4.74 Å². The lowest BCUT2D eigenvalue weighted by Crippen LogP contribution is -2.20. The average Bonchev–Trinajstić information content (AvgIpc) is 2.40. The fraction of sp³-hybridized carbons (Fsp3) is 0.500. The van der Waals surface area contributed by atoms with Crippen molar-refractivity contribution in [1.29, 1.82) is 0 Å². The van der Waals surface area contributed by atoms with Crippen molar-refractivity contribution in [3.8, 4) is 0 Å². The second-order valence-corrected chi connectivity index (χ2v) is 5.42. The summed E-state index contributed by atoms with van der Waals surface area (Å²) >= 11 is 11.9. The number of hydrogen-bond donors (Lipinski definition) is 0. The molecular weight excluding hydrogens is 271 g/mol. The summed E-state index contributed by atoms with van der Waals surface area (Å²) in [5.74, 6) is 0.0386. The van der Waals surface area contributed by atoms with Crippen LogP contribution in [0, 0.1) is 0 Å². The number of ketones is 1. The minimum absolute atomic E-state index is 0.0386. The number of halogens is 2. The molecular formula is C14H16Cl2O2. The molecule has 0 spiro atoms. The highest BCUT2D eigenvalue weighted by Gasteiger charge is 2.17. The maximum absolute atomic E-state index is 12.1. The van der Waals surface area contributed by atoms with Gasteiger partial charge in [-0.05, 0) is 43.9 Å². The van der Waals surface area contributed by atoms with E-state index in [2.05, 4.69) is 0 Å². The normalized spacial score (nSPS) is 19.8. The molecule has 1 aliphatic heterocycles. The van der Waals surface area contributed by atoms with Crippen molar-refractivity contribution < 1.29 is 9.53 Å². The Bertz CT molecular complexity index is 426. The van der Waals surface area contributed by atoms with Crippen molar-refractivity contribution >= 4 is 29.0 Å². The van der Waals surface area contributed by atoms with Crippen molar-refractivity contribution in [2.45, 2.75) is 38.2 Å². The van der Waals surface area contributed by atoms with Crippen LogP contribution < -0.4 is 0 Å². The van der Waals surface area contributed by atoms with E-state index in [0.717, 1.165) is 25.9 Å². The number of carbonyl (C=O) groups is 1. The molecule has 1 atom stereocenters. The van der Waals surface area contributed by atoms with Crippen LogP contribution in [0.4, 0.5) is 0 Å². The van der Waals surface area contributed by atoms with Crippen molar-refractivity contribution in [1.82, 2.24) is 0 Å². The molecule has 2 nitrogen and oxygen atoms in total. The Balaban J connectivity index is 1.92. The van der Waals surface area contributed by atoms with Gasteiger partial charge in [-0.25, -0.2) is 0 Å². The Labute approximate surface area is 117 Å². The molecule has 0 aromatic heterocycles. The van der Waals surface area contributed by atoms with E-state index in [0.29, 0.717) is 22.0 Å². The molecule has 0 radical (unpaired) electrons. The number of benzene rings is 1. The van der Waals surface area contributed by atoms with E-state index in [4.69, 9.17) is 27.9 Å². The van der Waals surface area contributed by atoms with E-state index in [1.165, 1.54) is 6.42 Å². The summed E-state index contributed by atoms with van der Waals surface area (Å²) in [5, 5.41) is 1.01. The third-order valence-corrected chi connectivity index (χ3v) is 3.76. The molecule has 1 heterocycles. The Kier molecular flexibility index (Phi) is 5.04. The Hall–Kier alpha value is -0.570. The number of carbonyl (C=O) groups excluding carboxylic acids is 1. The smallest absolute Gasteiger partial charge is 0.164 e. The molecule has 0 amide bonds. The van der Waals surface area contributed by atoms with Gasteiger partial charge in [0.1, 0.15) is 0 Å². The topological polar surface area (TPSA) is 26.3 Å². The predicted molar refractivity (Wildman–Crippen MR) is 73.6 cm³/mol. The van der Waals surface area contributed by atoms with Gasteiger partial charge in [0, 0.05) is 23.6 Å². The van der Waals surface area contributed by atoms with Gasteiger partial charge in [-0.15, -0.1) is 0 Å². The first kappa shape index (κ1) is 13.9. The molecule has 0 bridgehead atoms. The van der Waals surface area contributed by atoms with E-state index < -0.39 is 0 Å². The van der Waals surface area contributed by atoms with Gasteiger partial charge in [-0.1, -0.05) is 23.2 Å². The first-order valence-corrected chi connectivity index (χ1v) is 7.02. The van der Waals surface area contributed by atoms with Gasteiger partial charge in [0.05, 0.1) is 11.1 Å². The molecule has 2 rings (SSSR count). The van der Waals surface area contributed by atoms with Crippen LogP contribution in [0.2, 0.25) is 10.0 Å². The fourth-order valence-electron chi connectivity index (χ4n) is 2.17. The molecule has 1 unspecified atom stereocenters. The van der Waals surface area contributed by atoms with Crippen LogP contribution in [0.1, 0.15) is 42.5 Å². The van der Waals surface area contributed by atoms with Crippen LogP contribution in [0.15, 0.2) is 18.2 Å². The van der Waals surface area contributed by atoms with Crippen LogP contribution in [0.3, 0.4) is 0 Å². The Morgan fingerprint density at radius 3 is 2.89 bits per heavy atom. The van der Waals surface area contributed by atoms with Gasteiger partial charge in [0.2, 0.25) is 0 Å².